The van der Waals surface area contributed by atoms with Crippen LogP contribution in [0, 0.1) is 0 Å². The fraction of sp³-hybridized carbons (Fsp3) is 0.333. The standard InChI is InChI=1S/C18H20N4O2/c23-17(8-7-14-4-3-9-19-13-14)20-10-11-22-18(24)12-15-5-1-2-6-16(15)21-22/h3-4,7-9,12-13H,1-2,5-6,10-11H2,(H,20,23)/b8-7+. The first-order valence-electron chi connectivity index (χ1n) is 8.18. The number of aryl methyl sites for hydroxylation is 2. The third-order valence-electron chi connectivity index (χ3n) is 4.01. The summed E-state index contributed by atoms with van der Waals surface area (Å²) in [4.78, 5) is 27.8. The Bertz CT molecular complexity index is 796. The lowest BCUT2D eigenvalue weighted by molar-refractivity contribution is -0.116. The zero-order chi connectivity index (χ0) is 16.8. The normalized spacial score (nSPS) is 13.7. The second kappa shape index (κ2) is 7.68. The van der Waals surface area contributed by atoms with Gasteiger partial charge in [0.2, 0.25) is 5.91 Å². The molecule has 0 saturated carbocycles. The number of hydrogen-bond acceptors (Lipinski definition) is 4. The van der Waals surface area contributed by atoms with Crippen molar-refractivity contribution in [1.29, 1.82) is 0 Å². The summed E-state index contributed by atoms with van der Waals surface area (Å²) in [6.07, 6.45) is 10.6. The van der Waals surface area contributed by atoms with E-state index in [2.05, 4.69) is 15.4 Å². The van der Waals surface area contributed by atoms with E-state index in [-0.39, 0.29) is 11.5 Å². The number of carbonyl (C=O) groups excluding carboxylic acids is 1. The van der Waals surface area contributed by atoms with Crippen LogP contribution in [-0.4, -0.2) is 27.2 Å². The number of fused-ring (bicyclic) bond motifs is 1. The molecule has 24 heavy (non-hydrogen) atoms. The summed E-state index contributed by atoms with van der Waals surface area (Å²) in [5.74, 6) is -0.204. The molecule has 1 amide bonds. The average molecular weight is 324 g/mol. The summed E-state index contributed by atoms with van der Waals surface area (Å²) in [6, 6.07) is 5.37. The molecule has 1 aliphatic rings. The highest BCUT2D eigenvalue weighted by molar-refractivity contribution is 5.91. The molecule has 2 aromatic heterocycles. The summed E-state index contributed by atoms with van der Waals surface area (Å²) >= 11 is 0. The van der Waals surface area contributed by atoms with E-state index < -0.39 is 0 Å². The zero-order valence-electron chi connectivity index (χ0n) is 13.4. The number of carbonyl (C=O) groups is 1. The van der Waals surface area contributed by atoms with Gasteiger partial charge in [-0.15, -0.1) is 0 Å². The molecule has 0 aromatic carbocycles. The fourth-order valence-electron chi connectivity index (χ4n) is 2.75. The number of rotatable bonds is 5. The summed E-state index contributed by atoms with van der Waals surface area (Å²) < 4.78 is 1.44. The maximum Gasteiger partial charge on any atom is 0.267 e. The van der Waals surface area contributed by atoms with E-state index in [1.807, 2.05) is 12.1 Å². The second-order valence-electron chi connectivity index (χ2n) is 5.80. The van der Waals surface area contributed by atoms with Gasteiger partial charge in [-0.25, -0.2) is 4.68 Å². The van der Waals surface area contributed by atoms with Gasteiger partial charge in [-0.1, -0.05) is 6.07 Å². The highest BCUT2D eigenvalue weighted by Crippen LogP contribution is 2.16. The van der Waals surface area contributed by atoms with E-state index in [9.17, 15) is 9.59 Å². The van der Waals surface area contributed by atoms with E-state index in [0.717, 1.165) is 42.5 Å². The Morgan fingerprint density at radius 3 is 3.04 bits per heavy atom. The van der Waals surface area contributed by atoms with Gasteiger partial charge >= 0.3 is 0 Å². The smallest absolute Gasteiger partial charge is 0.267 e. The Balaban J connectivity index is 1.54. The van der Waals surface area contributed by atoms with Crippen LogP contribution < -0.4 is 10.9 Å². The molecule has 6 heteroatoms. The molecule has 0 atom stereocenters. The Morgan fingerprint density at radius 1 is 1.33 bits per heavy atom. The van der Waals surface area contributed by atoms with E-state index in [0.29, 0.717) is 13.1 Å². The van der Waals surface area contributed by atoms with Crippen molar-refractivity contribution >= 4 is 12.0 Å². The lowest BCUT2D eigenvalue weighted by Gasteiger charge is -2.15. The van der Waals surface area contributed by atoms with E-state index >= 15 is 0 Å². The zero-order valence-corrected chi connectivity index (χ0v) is 13.4. The topological polar surface area (TPSA) is 76.9 Å². The van der Waals surface area contributed by atoms with Gasteiger partial charge in [-0.2, -0.15) is 5.10 Å². The van der Waals surface area contributed by atoms with Crippen LogP contribution in [0.4, 0.5) is 0 Å². The lowest BCUT2D eigenvalue weighted by Crippen LogP contribution is -2.32. The molecule has 3 rings (SSSR count). The first kappa shape index (κ1) is 16.1. The minimum atomic E-state index is -0.204. The molecule has 0 aliphatic heterocycles. The molecule has 0 bridgehead atoms. The number of nitrogens with zero attached hydrogens (tertiary/aromatic N) is 3. The third kappa shape index (κ3) is 4.16. The molecule has 0 spiro atoms. The molecule has 0 saturated heterocycles. The van der Waals surface area contributed by atoms with Crippen LogP contribution in [0.15, 0.2) is 41.5 Å². The predicted molar refractivity (Wildman–Crippen MR) is 91.4 cm³/mol. The van der Waals surface area contributed by atoms with E-state index in [1.165, 1.54) is 10.8 Å². The van der Waals surface area contributed by atoms with E-state index in [4.69, 9.17) is 0 Å². The number of amides is 1. The molecule has 0 unspecified atom stereocenters. The van der Waals surface area contributed by atoms with Crippen LogP contribution in [0.5, 0.6) is 0 Å². The molecule has 124 valence electrons. The summed E-state index contributed by atoms with van der Waals surface area (Å²) in [7, 11) is 0. The van der Waals surface area contributed by atoms with Crippen molar-refractivity contribution < 1.29 is 4.79 Å². The predicted octanol–water partition coefficient (Wildman–Crippen LogP) is 1.35. The van der Waals surface area contributed by atoms with Crippen LogP contribution in [0.1, 0.15) is 29.7 Å². The van der Waals surface area contributed by atoms with E-state index in [1.54, 1.807) is 24.5 Å². The Morgan fingerprint density at radius 2 is 2.21 bits per heavy atom. The van der Waals surface area contributed by atoms with Crippen molar-refractivity contribution in [3.8, 4) is 0 Å². The molecule has 2 aromatic rings. The molecule has 6 nitrogen and oxygen atoms in total. The Hall–Kier alpha value is -2.76. The molecule has 0 fully saturated rings. The largest absolute Gasteiger partial charge is 0.351 e. The minimum Gasteiger partial charge on any atom is -0.351 e. The second-order valence-corrected chi connectivity index (χ2v) is 5.80. The molecule has 2 heterocycles. The highest BCUT2D eigenvalue weighted by Gasteiger charge is 2.13. The summed E-state index contributed by atoms with van der Waals surface area (Å²) in [5, 5.41) is 7.19. The number of hydrogen-bond donors (Lipinski definition) is 1. The SMILES string of the molecule is O=C(/C=C/c1cccnc1)NCCn1nc2c(cc1=O)CCCC2. The van der Waals surface area contributed by atoms with Gasteiger partial charge in [0.1, 0.15) is 0 Å². The summed E-state index contributed by atoms with van der Waals surface area (Å²) in [5.41, 5.74) is 2.85. The van der Waals surface area contributed by atoms with Gasteiger partial charge in [0.15, 0.2) is 0 Å². The fourth-order valence-corrected chi connectivity index (χ4v) is 2.75. The highest BCUT2D eigenvalue weighted by atomic mass is 16.1. The average Bonchev–Trinajstić information content (AvgIpc) is 2.61. The molecular weight excluding hydrogens is 304 g/mol. The Labute approximate surface area is 140 Å². The van der Waals surface area contributed by atoms with Crippen molar-refractivity contribution in [2.45, 2.75) is 32.2 Å². The summed E-state index contributed by atoms with van der Waals surface area (Å²) in [6.45, 7) is 0.737. The monoisotopic (exact) mass is 324 g/mol. The van der Waals surface area contributed by atoms with Gasteiger partial charge < -0.3 is 5.32 Å². The van der Waals surface area contributed by atoms with Gasteiger partial charge in [0.25, 0.3) is 5.56 Å². The lowest BCUT2D eigenvalue weighted by atomic mass is 9.97. The van der Waals surface area contributed by atoms with Crippen molar-refractivity contribution in [2.24, 2.45) is 0 Å². The molecule has 1 aliphatic carbocycles. The molecule has 1 N–H and O–H groups in total. The van der Waals surface area contributed by atoms with Gasteiger partial charge in [-0.05, 0) is 49.0 Å². The first-order valence-corrected chi connectivity index (χ1v) is 8.18. The quantitative estimate of drug-likeness (QED) is 0.842. The minimum absolute atomic E-state index is 0.101. The number of nitrogens with one attached hydrogen (secondary N) is 1. The van der Waals surface area contributed by atoms with Crippen molar-refractivity contribution in [2.75, 3.05) is 6.54 Å². The third-order valence-corrected chi connectivity index (χ3v) is 4.01. The maximum absolute atomic E-state index is 12.0. The van der Waals surface area contributed by atoms with Crippen molar-refractivity contribution in [1.82, 2.24) is 20.1 Å². The van der Waals surface area contributed by atoms with Crippen LogP contribution in [0.2, 0.25) is 0 Å². The maximum atomic E-state index is 12.0. The van der Waals surface area contributed by atoms with Gasteiger partial charge in [0, 0.05) is 31.1 Å². The number of pyridine rings is 1. The van der Waals surface area contributed by atoms with Crippen molar-refractivity contribution in [3.05, 3.63) is 63.8 Å². The van der Waals surface area contributed by atoms with Crippen LogP contribution in [0.25, 0.3) is 6.08 Å². The molecule has 0 radical (unpaired) electrons. The van der Waals surface area contributed by atoms with Crippen LogP contribution >= 0.6 is 0 Å². The van der Waals surface area contributed by atoms with Crippen LogP contribution in [0.3, 0.4) is 0 Å². The van der Waals surface area contributed by atoms with Gasteiger partial charge in [-0.3, -0.25) is 14.6 Å². The van der Waals surface area contributed by atoms with Gasteiger partial charge in [0.05, 0.1) is 12.2 Å². The number of aromatic nitrogens is 3. The van der Waals surface area contributed by atoms with Crippen molar-refractivity contribution in [3.63, 3.8) is 0 Å². The first-order chi connectivity index (χ1) is 11.7. The Kier molecular flexibility index (Phi) is 5.15. The molecular formula is C18H20N4O2. The van der Waals surface area contributed by atoms with Crippen LogP contribution in [-0.2, 0) is 24.2 Å².